The first-order chi connectivity index (χ1) is 15.7. The van der Waals surface area contributed by atoms with Crippen LogP contribution in [0.1, 0.15) is 48.3 Å². The summed E-state index contributed by atoms with van der Waals surface area (Å²) in [5.74, 6) is -0.827. The van der Waals surface area contributed by atoms with Crippen LogP contribution in [0, 0.1) is 17.7 Å². The molecule has 1 N–H and O–H groups in total. The first-order valence-corrected chi connectivity index (χ1v) is 12.4. The predicted octanol–water partition coefficient (Wildman–Crippen LogP) is 4.93. The number of piperidine rings is 1. The van der Waals surface area contributed by atoms with Crippen LogP contribution in [0.3, 0.4) is 0 Å². The fourth-order valence-corrected chi connectivity index (χ4v) is 5.83. The fourth-order valence-electron chi connectivity index (χ4n) is 4.96. The van der Waals surface area contributed by atoms with Crippen LogP contribution in [-0.4, -0.2) is 46.3 Å². The van der Waals surface area contributed by atoms with Gasteiger partial charge in [-0.1, -0.05) is 31.5 Å². The van der Waals surface area contributed by atoms with Crippen LogP contribution in [0.4, 0.5) is 9.18 Å². The molecule has 3 heterocycles. The Bertz CT molecular complexity index is 1050. The molecular formula is C24H27ClFN3O3S. The Morgan fingerprint density at radius 3 is 2.61 bits per heavy atom. The molecule has 0 bridgehead atoms. The van der Waals surface area contributed by atoms with E-state index >= 15 is 0 Å². The van der Waals surface area contributed by atoms with Crippen LogP contribution in [0.15, 0.2) is 35.7 Å². The van der Waals surface area contributed by atoms with E-state index < -0.39 is 11.4 Å². The molecule has 0 unspecified atom stereocenters. The van der Waals surface area contributed by atoms with E-state index in [4.69, 9.17) is 11.6 Å². The van der Waals surface area contributed by atoms with E-state index in [1.165, 1.54) is 34.4 Å². The van der Waals surface area contributed by atoms with E-state index in [0.717, 1.165) is 4.88 Å². The summed E-state index contributed by atoms with van der Waals surface area (Å²) < 4.78 is 13.5. The summed E-state index contributed by atoms with van der Waals surface area (Å²) in [4.78, 5) is 43.4. The molecule has 2 fully saturated rings. The molecule has 2 aliphatic heterocycles. The number of carbonyl (C=O) groups is 3. The molecule has 0 saturated carbocycles. The summed E-state index contributed by atoms with van der Waals surface area (Å²) >= 11 is 7.36. The maximum atomic E-state index is 13.6. The summed E-state index contributed by atoms with van der Waals surface area (Å²) in [5, 5.41) is 4.89. The highest BCUT2D eigenvalue weighted by molar-refractivity contribution is 7.09. The third-order valence-corrected chi connectivity index (χ3v) is 7.62. The van der Waals surface area contributed by atoms with Gasteiger partial charge < -0.3 is 10.2 Å². The van der Waals surface area contributed by atoms with Crippen LogP contribution in [0.2, 0.25) is 5.02 Å². The average molecular weight is 492 g/mol. The van der Waals surface area contributed by atoms with Crippen molar-refractivity contribution >= 4 is 40.8 Å². The number of benzene rings is 1. The Morgan fingerprint density at radius 1 is 1.27 bits per heavy atom. The van der Waals surface area contributed by atoms with Gasteiger partial charge in [-0.25, -0.2) is 9.18 Å². The largest absolute Gasteiger partial charge is 0.339 e. The van der Waals surface area contributed by atoms with Crippen LogP contribution in [0.25, 0.3) is 0 Å². The van der Waals surface area contributed by atoms with E-state index in [9.17, 15) is 18.8 Å². The number of likely N-dealkylation sites (tertiary alicyclic amines) is 1. The van der Waals surface area contributed by atoms with Crippen molar-refractivity contribution in [1.29, 1.82) is 0 Å². The molecule has 2 aliphatic rings. The number of hydrogen-bond donors (Lipinski definition) is 1. The molecule has 6 nitrogen and oxygen atoms in total. The summed E-state index contributed by atoms with van der Waals surface area (Å²) in [6.07, 6.45) is 1.73. The zero-order valence-corrected chi connectivity index (χ0v) is 20.2. The molecule has 1 aromatic heterocycles. The summed E-state index contributed by atoms with van der Waals surface area (Å²) in [6, 6.07) is 7.43. The van der Waals surface area contributed by atoms with Gasteiger partial charge in [-0.15, -0.1) is 11.3 Å². The lowest BCUT2D eigenvalue weighted by Gasteiger charge is -2.41. The normalized spacial score (nSPS) is 21.7. The molecule has 2 saturated heterocycles. The van der Waals surface area contributed by atoms with Crippen LogP contribution < -0.4 is 5.32 Å². The summed E-state index contributed by atoms with van der Waals surface area (Å²) in [5.41, 5.74) is -0.624. The van der Waals surface area contributed by atoms with E-state index in [0.29, 0.717) is 37.9 Å². The number of rotatable bonds is 6. The van der Waals surface area contributed by atoms with Gasteiger partial charge >= 0.3 is 6.03 Å². The number of carbonyl (C=O) groups excluding carboxylic acids is 3. The second-order valence-corrected chi connectivity index (χ2v) is 10.6. The fraction of sp³-hybridized carbons (Fsp3) is 0.458. The molecule has 4 rings (SSSR count). The smallest absolute Gasteiger partial charge is 0.325 e. The molecular weight excluding hydrogens is 465 g/mol. The zero-order chi connectivity index (χ0) is 23.8. The highest BCUT2D eigenvalue weighted by atomic mass is 35.5. The molecule has 1 atom stereocenters. The van der Waals surface area contributed by atoms with Crippen molar-refractivity contribution in [2.75, 3.05) is 13.1 Å². The molecule has 176 valence electrons. The van der Waals surface area contributed by atoms with Gasteiger partial charge in [-0.05, 0) is 60.7 Å². The SMILES string of the molecule is CC(C)C[C@]1(C2CCN(C(=O)c3ccc(F)c(Cl)c3)CC2)NC(=O)N(Cc2cccs2)C1=O. The zero-order valence-electron chi connectivity index (χ0n) is 18.6. The van der Waals surface area contributed by atoms with E-state index in [1.807, 2.05) is 31.4 Å². The van der Waals surface area contributed by atoms with Crippen molar-refractivity contribution in [2.24, 2.45) is 11.8 Å². The molecule has 1 aromatic carbocycles. The Morgan fingerprint density at radius 2 is 2.00 bits per heavy atom. The highest BCUT2D eigenvalue weighted by Gasteiger charge is 2.56. The molecule has 2 aromatic rings. The first-order valence-electron chi connectivity index (χ1n) is 11.1. The minimum atomic E-state index is -0.961. The van der Waals surface area contributed by atoms with E-state index in [-0.39, 0.29) is 41.2 Å². The standard InChI is InChI=1S/C24H27ClFN3O3S/c1-15(2)13-24(22(31)29(23(32)27-24)14-18-4-3-11-33-18)17-7-9-28(10-8-17)21(30)16-5-6-20(26)19(25)12-16/h3-6,11-12,15,17H,7-10,13-14H2,1-2H3,(H,27,32)/t24-/m1/s1. The molecule has 33 heavy (non-hydrogen) atoms. The van der Waals surface area contributed by atoms with E-state index in [1.54, 1.807) is 4.90 Å². The van der Waals surface area contributed by atoms with Gasteiger partial charge in [0.25, 0.3) is 11.8 Å². The number of amides is 4. The second-order valence-electron chi connectivity index (χ2n) is 9.17. The molecule has 0 radical (unpaired) electrons. The number of imide groups is 1. The van der Waals surface area contributed by atoms with Crippen LogP contribution in [0.5, 0.6) is 0 Å². The molecule has 0 spiro atoms. The second kappa shape index (κ2) is 9.43. The lowest BCUT2D eigenvalue weighted by atomic mass is 9.73. The van der Waals surface area contributed by atoms with Crippen molar-refractivity contribution in [2.45, 2.75) is 45.2 Å². The van der Waals surface area contributed by atoms with Crippen molar-refractivity contribution in [3.05, 3.63) is 57.0 Å². The maximum absolute atomic E-state index is 13.6. The van der Waals surface area contributed by atoms with Gasteiger partial charge in [0.05, 0.1) is 11.6 Å². The van der Waals surface area contributed by atoms with Gasteiger partial charge in [0.2, 0.25) is 0 Å². The Balaban J connectivity index is 1.50. The third-order valence-electron chi connectivity index (χ3n) is 6.47. The number of thiophene rings is 1. The summed E-state index contributed by atoms with van der Waals surface area (Å²) in [7, 11) is 0. The maximum Gasteiger partial charge on any atom is 0.325 e. The predicted molar refractivity (Wildman–Crippen MR) is 126 cm³/mol. The van der Waals surface area contributed by atoms with Crippen molar-refractivity contribution in [1.82, 2.24) is 15.1 Å². The van der Waals surface area contributed by atoms with Gasteiger partial charge in [-0.3, -0.25) is 14.5 Å². The molecule has 4 amide bonds. The minimum absolute atomic E-state index is 0.0782. The quantitative estimate of drug-likeness (QED) is 0.582. The summed E-state index contributed by atoms with van der Waals surface area (Å²) in [6.45, 7) is 5.25. The number of urea groups is 1. The van der Waals surface area contributed by atoms with Crippen LogP contribution in [-0.2, 0) is 11.3 Å². The molecule has 0 aliphatic carbocycles. The minimum Gasteiger partial charge on any atom is -0.339 e. The van der Waals surface area contributed by atoms with Crippen molar-refractivity contribution in [3.8, 4) is 0 Å². The third kappa shape index (κ3) is 4.64. The van der Waals surface area contributed by atoms with Gasteiger partial charge in [0.15, 0.2) is 0 Å². The van der Waals surface area contributed by atoms with Crippen molar-refractivity contribution in [3.63, 3.8) is 0 Å². The first kappa shape index (κ1) is 23.7. The Hall–Kier alpha value is -2.45. The number of nitrogens with zero attached hydrogens (tertiary/aromatic N) is 2. The average Bonchev–Trinajstić information content (AvgIpc) is 3.38. The van der Waals surface area contributed by atoms with Crippen LogP contribution >= 0.6 is 22.9 Å². The number of halogens is 2. The topological polar surface area (TPSA) is 69.7 Å². The monoisotopic (exact) mass is 491 g/mol. The highest BCUT2D eigenvalue weighted by Crippen LogP contribution is 2.39. The lowest BCUT2D eigenvalue weighted by Crippen LogP contribution is -2.57. The van der Waals surface area contributed by atoms with Gasteiger partial charge in [-0.2, -0.15) is 0 Å². The van der Waals surface area contributed by atoms with E-state index in [2.05, 4.69) is 5.32 Å². The Kier molecular flexibility index (Phi) is 6.77. The van der Waals surface area contributed by atoms with Gasteiger partial charge in [0.1, 0.15) is 11.4 Å². The lowest BCUT2D eigenvalue weighted by molar-refractivity contribution is -0.135. The van der Waals surface area contributed by atoms with Gasteiger partial charge in [0, 0.05) is 23.5 Å². The van der Waals surface area contributed by atoms with Crippen molar-refractivity contribution < 1.29 is 18.8 Å². The molecule has 9 heteroatoms. The number of nitrogens with one attached hydrogen (secondary N) is 1. The number of hydrogen-bond acceptors (Lipinski definition) is 4. The Labute approximate surface area is 201 Å².